The van der Waals surface area contributed by atoms with Crippen molar-refractivity contribution in [3.05, 3.63) is 41.7 Å². The molecule has 21 heavy (non-hydrogen) atoms. The number of nitrogens with zero attached hydrogens (tertiary/aromatic N) is 2. The van der Waals surface area contributed by atoms with E-state index in [0.29, 0.717) is 0 Å². The standard InChI is InChI=1S/C12H10F3N3O2S/c13-12(14,15)7-20-9-3-1-8(2-4-9)5-16-11(19)10-6-17-21-18-10/h1-4,6H,5,7H2,(H,16,19). The van der Waals surface area contributed by atoms with Gasteiger partial charge in [-0.05, 0) is 17.7 Å². The van der Waals surface area contributed by atoms with Gasteiger partial charge >= 0.3 is 6.18 Å². The van der Waals surface area contributed by atoms with Crippen LogP contribution in [0.5, 0.6) is 5.75 Å². The quantitative estimate of drug-likeness (QED) is 0.920. The van der Waals surface area contributed by atoms with Crippen molar-refractivity contribution >= 4 is 17.6 Å². The smallest absolute Gasteiger partial charge is 0.422 e. The largest absolute Gasteiger partial charge is 0.484 e. The van der Waals surface area contributed by atoms with Crippen LogP contribution in [0.15, 0.2) is 30.5 Å². The summed E-state index contributed by atoms with van der Waals surface area (Å²) in [5, 5.41) is 2.62. The zero-order chi connectivity index (χ0) is 15.3. The lowest BCUT2D eigenvalue weighted by molar-refractivity contribution is -0.153. The average Bonchev–Trinajstić information content (AvgIpc) is 2.97. The van der Waals surface area contributed by atoms with Crippen molar-refractivity contribution in [2.75, 3.05) is 6.61 Å². The molecule has 0 aliphatic carbocycles. The van der Waals surface area contributed by atoms with Crippen LogP contribution in [0.25, 0.3) is 0 Å². The van der Waals surface area contributed by atoms with Gasteiger partial charge in [-0.3, -0.25) is 4.79 Å². The van der Waals surface area contributed by atoms with Gasteiger partial charge in [-0.15, -0.1) is 0 Å². The third kappa shape index (κ3) is 5.03. The highest BCUT2D eigenvalue weighted by molar-refractivity contribution is 6.99. The lowest BCUT2D eigenvalue weighted by atomic mass is 10.2. The van der Waals surface area contributed by atoms with E-state index in [-0.39, 0.29) is 23.9 Å². The van der Waals surface area contributed by atoms with Crippen LogP contribution in [0.3, 0.4) is 0 Å². The summed E-state index contributed by atoms with van der Waals surface area (Å²) < 4.78 is 48.0. The summed E-state index contributed by atoms with van der Waals surface area (Å²) in [5.74, 6) is -0.243. The first-order valence-electron chi connectivity index (χ1n) is 5.78. The molecular formula is C12H10F3N3O2S. The first-order valence-corrected chi connectivity index (χ1v) is 6.51. The maximum absolute atomic E-state index is 12.0. The second-order valence-corrected chi connectivity index (χ2v) is 4.58. The molecule has 112 valence electrons. The summed E-state index contributed by atoms with van der Waals surface area (Å²) in [6, 6.07) is 5.98. The summed E-state index contributed by atoms with van der Waals surface area (Å²) >= 11 is 0.930. The van der Waals surface area contributed by atoms with E-state index in [1.807, 2.05) is 0 Å². The molecule has 0 aliphatic heterocycles. The number of aromatic nitrogens is 2. The van der Waals surface area contributed by atoms with E-state index in [4.69, 9.17) is 0 Å². The Bertz CT molecular complexity index is 585. The van der Waals surface area contributed by atoms with Gasteiger partial charge in [0.15, 0.2) is 12.3 Å². The lowest BCUT2D eigenvalue weighted by Crippen LogP contribution is -2.23. The summed E-state index contributed by atoms with van der Waals surface area (Å²) in [6.45, 7) is -1.10. The summed E-state index contributed by atoms with van der Waals surface area (Å²) in [7, 11) is 0. The molecule has 2 aromatic rings. The van der Waals surface area contributed by atoms with Crippen molar-refractivity contribution in [3.63, 3.8) is 0 Å². The number of ether oxygens (including phenoxy) is 1. The summed E-state index contributed by atoms with van der Waals surface area (Å²) in [4.78, 5) is 11.6. The number of carbonyl (C=O) groups excluding carboxylic acids is 1. The molecule has 0 unspecified atom stereocenters. The monoisotopic (exact) mass is 317 g/mol. The van der Waals surface area contributed by atoms with E-state index >= 15 is 0 Å². The third-order valence-corrected chi connectivity index (χ3v) is 2.85. The van der Waals surface area contributed by atoms with Crippen molar-refractivity contribution in [1.29, 1.82) is 0 Å². The minimum absolute atomic E-state index is 0.117. The van der Waals surface area contributed by atoms with E-state index in [0.717, 1.165) is 17.3 Å². The molecule has 1 heterocycles. The molecule has 0 bridgehead atoms. The van der Waals surface area contributed by atoms with Gasteiger partial charge in [-0.25, -0.2) is 0 Å². The highest BCUT2D eigenvalue weighted by Gasteiger charge is 2.28. The molecule has 0 saturated heterocycles. The Morgan fingerprint density at radius 2 is 2.00 bits per heavy atom. The van der Waals surface area contributed by atoms with Gasteiger partial charge in [0.2, 0.25) is 0 Å². The number of rotatable bonds is 5. The molecule has 0 atom stereocenters. The Labute approximate surface area is 122 Å². The molecular weight excluding hydrogens is 307 g/mol. The van der Waals surface area contributed by atoms with E-state index in [1.165, 1.54) is 18.3 Å². The zero-order valence-corrected chi connectivity index (χ0v) is 11.4. The first-order chi connectivity index (χ1) is 9.94. The Balaban J connectivity index is 1.84. The highest BCUT2D eigenvalue weighted by Crippen LogP contribution is 2.18. The Hall–Kier alpha value is -2.16. The van der Waals surface area contributed by atoms with Gasteiger partial charge in [0.1, 0.15) is 5.75 Å². The fourth-order valence-corrected chi connectivity index (χ4v) is 1.82. The van der Waals surface area contributed by atoms with Crippen molar-refractivity contribution in [3.8, 4) is 5.75 Å². The predicted octanol–water partition coefficient (Wildman–Crippen LogP) is 2.41. The number of hydrogen-bond donors (Lipinski definition) is 1. The van der Waals surface area contributed by atoms with E-state index in [2.05, 4.69) is 18.8 Å². The first kappa shape index (κ1) is 15.2. The predicted molar refractivity (Wildman–Crippen MR) is 69.1 cm³/mol. The van der Waals surface area contributed by atoms with E-state index in [1.54, 1.807) is 12.1 Å². The summed E-state index contributed by atoms with van der Waals surface area (Å²) in [5.41, 5.74) is 0.955. The maximum atomic E-state index is 12.0. The molecule has 0 spiro atoms. The zero-order valence-electron chi connectivity index (χ0n) is 10.6. The maximum Gasteiger partial charge on any atom is 0.422 e. The Kier molecular flexibility index (Phi) is 4.73. The van der Waals surface area contributed by atoms with Gasteiger partial charge in [0.05, 0.1) is 17.9 Å². The Morgan fingerprint density at radius 3 is 2.57 bits per heavy atom. The average molecular weight is 317 g/mol. The van der Waals surface area contributed by atoms with Crippen LogP contribution < -0.4 is 10.1 Å². The van der Waals surface area contributed by atoms with E-state index in [9.17, 15) is 18.0 Å². The van der Waals surface area contributed by atoms with Crippen LogP contribution in [-0.2, 0) is 6.54 Å². The van der Waals surface area contributed by atoms with Crippen molar-refractivity contribution in [2.24, 2.45) is 0 Å². The molecule has 1 aromatic carbocycles. The summed E-state index contributed by atoms with van der Waals surface area (Å²) in [6.07, 6.45) is -3.01. The molecule has 1 aromatic heterocycles. The molecule has 1 N–H and O–H groups in total. The van der Waals surface area contributed by atoms with Gasteiger partial charge in [-0.2, -0.15) is 21.9 Å². The van der Waals surface area contributed by atoms with Crippen molar-refractivity contribution in [2.45, 2.75) is 12.7 Å². The van der Waals surface area contributed by atoms with Crippen LogP contribution in [0.2, 0.25) is 0 Å². The lowest BCUT2D eigenvalue weighted by Gasteiger charge is -2.09. The number of benzene rings is 1. The van der Waals surface area contributed by atoms with Crippen LogP contribution in [0.1, 0.15) is 16.1 Å². The van der Waals surface area contributed by atoms with Gasteiger partial charge in [0, 0.05) is 6.54 Å². The number of halogens is 3. The second kappa shape index (κ2) is 6.53. The minimum atomic E-state index is -4.37. The number of nitrogens with one attached hydrogen (secondary N) is 1. The van der Waals surface area contributed by atoms with Crippen LogP contribution in [-0.4, -0.2) is 27.4 Å². The molecule has 0 aliphatic rings. The fourth-order valence-electron chi connectivity index (χ4n) is 1.41. The Morgan fingerprint density at radius 1 is 1.29 bits per heavy atom. The van der Waals surface area contributed by atoms with Crippen LogP contribution >= 0.6 is 11.7 Å². The topological polar surface area (TPSA) is 64.1 Å². The highest BCUT2D eigenvalue weighted by atomic mass is 32.1. The third-order valence-electron chi connectivity index (χ3n) is 2.37. The molecule has 0 fully saturated rings. The van der Waals surface area contributed by atoms with Crippen molar-refractivity contribution in [1.82, 2.24) is 14.1 Å². The molecule has 0 saturated carbocycles. The normalized spacial score (nSPS) is 11.2. The number of hydrogen-bond acceptors (Lipinski definition) is 5. The molecule has 1 amide bonds. The van der Waals surface area contributed by atoms with Gasteiger partial charge in [0.25, 0.3) is 5.91 Å². The minimum Gasteiger partial charge on any atom is -0.484 e. The second-order valence-electron chi connectivity index (χ2n) is 4.02. The fraction of sp³-hybridized carbons (Fsp3) is 0.250. The van der Waals surface area contributed by atoms with Gasteiger partial charge < -0.3 is 10.1 Å². The van der Waals surface area contributed by atoms with Crippen LogP contribution in [0.4, 0.5) is 13.2 Å². The number of amides is 1. The van der Waals surface area contributed by atoms with Crippen molar-refractivity contribution < 1.29 is 22.7 Å². The molecule has 2 rings (SSSR count). The molecule has 9 heteroatoms. The molecule has 5 nitrogen and oxygen atoms in total. The van der Waals surface area contributed by atoms with E-state index < -0.39 is 12.8 Å². The molecule has 0 radical (unpaired) electrons. The number of alkyl halides is 3. The number of carbonyl (C=O) groups is 1. The van der Waals surface area contributed by atoms with Crippen LogP contribution in [0, 0.1) is 0 Å². The SMILES string of the molecule is O=C(NCc1ccc(OCC(F)(F)F)cc1)c1cnsn1. The van der Waals surface area contributed by atoms with Gasteiger partial charge in [-0.1, -0.05) is 12.1 Å².